The van der Waals surface area contributed by atoms with Crippen LogP contribution < -0.4 is 9.13 Å². The molecule has 0 amide bonds. The number of halogens is 1. The lowest BCUT2D eigenvalue weighted by Gasteiger charge is -2.51. The molecule has 0 saturated carbocycles. The van der Waals surface area contributed by atoms with Gasteiger partial charge < -0.3 is 0 Å². The average Bonchev–Trinajstić information content (AvgIpc) is 3.14. The minimum Gasteiger partial charge on any atom is -0.207 e. The lowest BCUT2D eigenvalue weighted by Crippen LogP contribution is -2.69. The first-order valence-electron chi connectivity index (χ1n) is 19.9. The molecule has 0 bridgehead atoms. The van der Waals surface area contributed by atoms with Crippen LogP contribution in [0.4, 0.5) is 4.39 Å². The number of aromatic nitrogens is 2. The topological polar surface area (TPSA) is 7.76 Å². The van der Waals surface area contributed by atoms with Gasteiger partial charge in [0.15, 0.2) is 17.9 Å². The number of rotatable bonds is 10. The third-order valence-electron chi connectivity index (χ3n) is 13.6. The van der Waals surface area contributed by atoms with Crippen LogP contribution in [0.3, 0.4) is 0 Å². The molecule has 0 radical (unpaired) electrons. The standard InChI is InChI=1S/C49H55FN2/c1-9-12-16-34-30-36-24-28-52-46-42(36)40(31-34)47(6,7)44-41(50)22-21-39(43(44)46)49(11-3,48(52,8)10-2)25-15-26-51-27-23-35-17-13-14-18-37(35)45(51)38-29-32(4)19-20-33(38)5/h13-14,17-24,27-31H,9-12,15-16,25-26H2,1-8H3/q+2. The number of benzene rings is 4. The van der Waals surface area contributed by atoms with Crippen molar-refractivity contribution in [2.75, 3.05) is 0 Å². The van der Waals surface area contributed by atoms with E-state index in [-0.39, 0.29) is 16.8 Å². The molecule has 1 aliphatic carbocycles. The number of fused-ring (bicyclic) bond motifs is 1. The Hall–Kier alpha value is -4.37. The lowest BCUT2D eigenvalue weighted by molar-refractivity contribution is -0.765. The van der Waals surface area contributed by atoms with Gasteiger partial charge in [-0.05, 0) is 90.8 Å². The molecule has 2 unspecified atom stereocenters. The smallest absolute Gasteiger partial charge is 0.207 e. The molecule has 0 spiro atoms. The number of hydrogen-bond acceptors (Lipinski definition) is 0. The highest BCUT2D eigenvalue weighted by Crippen LogP contribution is 2.59. The van der Waals surface area contributed by atoms with Crippen LogP contribution in [0.5, 0.6) is 0 Å². The van der Waals surface area contributed by atoms with Gasteiger partial charge in [-0.2, -0.15) is 9.13 Å². The molecular weight excluding hydrogens is 636 g/mol. The normalized spacial score (nSPS) is 19.8. The molecular formula is C49H55FN2+2. The summed E-state index contributed by atoms with van der Waals surface area (Å²) in [5, 5.41) is 5.17. The number of pyridine rings is 2. The Morgan fingerprint density at radius 1 is 0.731 bits per heavy atom. The zero-order valence-corrected chi connectivity index (χ0v) is 32.6. The molecule has 2 atom stereocenters. The summed E-state index contributed by atoms with van der Waals surface area (Å²) in [5.41, 5.74) is 11.6. The number of hydrogen-bond donors (Lipinski definition) is 0. The van der Waals surface area contributed by atoms with E-state index in [0.717, 1.165) is 62.6 Å². The van der Waals surface area contributed by atoms with E-state index in [0.29, 0.717) is 0 Å². The second-order valence-electron chi connectivity index (χ2n) is 16.6. The SMILES string of the molecule is CCCCc1cc2c3c4[n+](ccc3c1)C(C)(CC)C(CC)(CCC[n+]1ccc3ccccc3c1-c1cc(C)ccc1C)c1ccc(F)c(c1-4)C2(C)C. The van der Waals surface area contributed by atoms with Crippen molar-refractivity contribution in [3.63, 3.8) is 0 Å². The summed E-state index contributed by atoms with van der Waals surface area (Å²) in [5.74, 6) is -0.0769. The van der Waals surface area contributed by atoms with Crippen LogP contribution >= 0.6 is 0 Å². The fraction of sp³-hybridized carbons (Fsp3) is 0.388. The first kappa shape index (κ1) is 34.7. The second-order valence-corrected chi connectivity index (χ2v) is 16.6. The van der Waals surface area contributed by atoms with Crippen LogP contribution in [0.15, 0.2) is 91.3 Å². The molecule has 0 fully saturated rings. The molecule has 2 aromatic heterocycles. The highest BCUT2D eigenvalue weighted by Gasteiger charge is 2.61. The quantitative estimate of drug-likeness (QED) is 0.126. The van der Waals surface area contributed by atoms with E-state index >= 15 is 4.39 Å². The molecule has 3 heterocycles. The van der Waals surface area contributed by atoms with Gasteiger partial charge in [0.25, 0.3) is 0 Å². The van der Waals surface area contributed by atoms with Gasteiger partial charge in [0.2, 0.25) is 11.4 Å². The van der Waals surface area contributed by atoms with E-state index in [1.54, 1.807) is 6.07 Å². The van der Waals surface area contributed by atoms with Crippen molar-refractivity contribution in [3.05, 3.63) is 130 Å². The highest BCUT2D eigenvalue weighted by atomic mass is 19.1. The maximum atomic E-state index is 16.6. The molecule has 0 saturated heterocycles. The van der Waals surface area contributed by atoms with Crippen LogP contribution in [0, 0.1) is 19.7 Å². The Kier molecular flexibility index (Phi) is 8.44. The fourth-order valence-corrected chi connectivity index (χ4v) is 10.6. The van der Waals surface area contributed by atoms with Crippen LogP contribution in [-0.4, -0.2) is 0 Å². The minimum absolute atomic E-state index is 0.0769. The second kappa shape index (κ2) is 12.6. The van der Waals surface area contributed by atoms with Crippen molar-refractivity contribution < 1.29 is 13.5 Å². The Labute approximate surface area is 310 Å². The summed E-state index contributed by atoms with van der Waals surface area (Å²) >= 11 is 0. The average molecular weight is 691 g/mol. The third-order valence-corrected chi connectivity index (χ3v) is 13.6. The molecule has 1 aliphatic heterocycles. The largest absolute Gasteiger partial charge is 0.221 e. The first-order chi connectivity index (χ1) is 25.0. The van der Waals surface area contributed by atoms with Gasteiger partial charge in [-0.25, -0.2) is 4.39 Å². The molecule has 6 aromatic rings. The van der Waals surface area contributed by atoms with E-state index in [1.165, 1.54) is 66.3 Å². The number of unbranched alkanes of at least 4 members (excludes halogenated alkanes) is 1. The van der Waals surface area contributed by atoms with Crippen molar-refractivity contribution in [1.29, 1.82) is 0 Å². The van der Waals surface area contributed by atoms with Gasteiger partial charge in [-0.15, -0.1) is 0 Å². The molecule has 52 heavy (non-hydrogen) atoms. The van der Waals surface area contributed by atoms with Crippen molar-refractivity contribution in [2.45, 2.75) is 123 Å². The Morgan fingerprint density at radius 3 is 2.29 bits per heavy atom. The lowest BCUT2D eigenvalue weighted by atomic mass is 9.54. The van der Waals surface area contributed by atoms with Gasteiger partial charge >= 0.3 is 0 Å². The van der Waals surface area contributed by atoms with Gasteiger partial charge in [0.1, 0.15) is 12.4 Å². The third kappa shape index (κ3) is 4.87. The molecule has 2 aliphatic rings. The van der Waals surface area contributed by atoms with Gasteiger partial charge in [0.05, 0.1) is 21.8 Å². The maximum absolute atomic E-state index is 16.6. The Bertz CT molecular complexity index is 2380. The number of nitrogens with zero attached hydrogens (tertiary/aromatic N) is 2. The minimum atomic E-state index is -0.455. The van der Waals surface area contributed by atoms with E-state index in [4.69, 9.17) is 0 Å². The first-order valence-corrected chi connectivity index (χ1v) is 19.9. The number of aryl methyl sites for hydroxylation is 4. The Balaban J connectivity index is 1.29. The summed E-state index contributed by atoms with van der Waals surface area (Å²) in [4.78, 5) is 0. The summed E-state index contributed by atoms with van der Waals surface area (Å²) in [6.45, 7) is 19.3. The Morgan fingerprint density at radius 2 is 1.52 bits per heavy atom. The molecule has 0 N–H and O–H groups in total. The van der Waals surface area contributed by atoms with Crippen LogP contribution in [0.25, 0.3) is 44.1 Å². The highest BCUT2D eigenvalue weighted by molar-refractivity contribution is 6.02. The van der Waals surface area contributed by atoms with Crippen LogP contribution in [-0.2, 0) is 29.3 Å². The van der Waals surface area contributed by atoms with Crippen molar-refractivity contribution in [2.24, 2.45) is 0 Å². The summed E-state index contributed by atoms with van der Waals surface area (Å²) in [7, 11) is 0. The summed E-state index contributed by atoms with van der Waals surface area (Å²) < 4.78 is 21.7. The molecule has 2 nitrogen and oxygen atoms in total. The molecule has 8 rings (SSSR count). The summed E-state index contributed by atoms with van der Waals surface area (Å²) in [6, 6.07) is 29.1. The zero-order chi connectivity index (χ0) is 36.6. The van der Waals surface area contributed by atoms with E-state index < -0.39 is 5.41 Å². The van der Waals surface area contributed by atoms with Gasteiger partial charge in [0, 0.05) is 48.4 Å². The van der Waals surface area contributed by atoms with Gasteiger partial charge in [-0.1, -0.05) is 95.1 Å². The summed E-state index contributed by atoms with van der Waals surface area (Å²) in [6.07, 6.45) is 12.0. The van der Waals surface area contributed by atoms with E-state index in [9.17, 15) is 0 Å². The van der Waals surface area contributed by atoms with Gasteiger partial charge in [-0.3, -0.25) is 0 Å². The van der Waals surface area contributed by atoms with Crippen molar-refractivity contribution >= 4 is 21.5 Å². The van der Waals surface area contributed by atoms with E-state index in [2.05, 4.69) is 150 Å². The fourth-order valence-electron chi connectivity index (χ4n) is 10.6. The molecule has 266 valence electrons. The zero-order valence-electron chi connectivity index (χ0n) is 32.6. The predicted octanol–water partition coefficient (Wildman–Crippen LogP) is 11.9. The monoisotopic (exact) mass is 690 g/mol. The van der Waals surface area contributed by atoms with Crippen LogP contribution in [0.1, 0.15) is 113 Å². The predicted molar refractivity (Wildman–Crippen MR) is 214 cm³/mol. The van der Waals surface area contributed by atoms with E-state index in [1.807, 2.05) is 0 Å². The molecule has 4 aromatic carbocycles. The van der Waals surface area contributed by atoms with Crippen LogP contribution in [0.2, 0.25) is 0 Å². The molecule has 3 heteroatoms. The van der Waals surface area contributed by atoms with Crippen molar-refractivity contribution in [3.8, 4) is 22.5 Å². The maximum Gasteiger partial charge on any atom is 0.221 e. The van der Waals surface area contributed by atoms with Crippen molar-refractivity contribution in [1.82, 2.24) is 0 Å².